The van der Waals surface area contributed by atoms with Gasteiger partial charge in [0.2, 0.25) is 6.41 Å². The standard InChI is InChI=1S/C16H19N.C9H18O.C6H12O2.C4H7NO2.CH5N/c1-13(17-2)12-14-8-10-16(11-9-14)15-6-4-3-5-7-15;1-3-4-6-9(2)7-5-8-10;1-5(2)3-4-6(7)8;1-4(2-6)5-3-7;1-2/h3-11,13,17H,12H2,1-2H3;8-9H,3-7H2,1-2H3;5H,3-4H2,1-2H3,(H,7,8);2-4H,1H3,(H,5,7);2H2,1H3. The summed E-state index contributed by atoms with van der Waals surface area (Å²) in [6.45, 7) is 12.3. The van der Waals surface area contributed by atoms with Crippen LogP contribution in [0.2, 0.25) is 0 Å². The number of nitrogens with two attached hydrogens (primary N) is 1. The molecule has 0 aromatic heterocycles. The van der Waals surface area contributed by atoms with E-state index in [1.165, 1.54) is 43.0 Å². The van der Waals surface area contributed by atoms with E-state index in [-0.39, 0.29) is 6.04 Å². The van der Waals surface area contributed by atoms with E-state index in [0.717, 1.165) is 37.9 Å². The molecule has 0 fully saturated rings. The zero-order valence-corrected chi connectivity index (χ0v) is 28.6. The van der Waals surface area contributed by atoms with Crippen LogP contribution in [0.3, 0.4) is 0 Å². The Morgan fingerprint density at radius 2 is 1.43 bits per heavy atom. The van der Waals surface area contributed by atoms with E-state index < -0.39 is 5.97 Å². The SMILES string of the molecule is CC(C)CCC(=O)O.CC(C=O)NC=O.CCCCC(C)CCC=O.CN.CNC(C)Cc1ccc(-c2ccccc2)cc1. The number of carbonyl (C=O) groups excluding carboxylic acids is 3. The molecule has 3 atom stereocenters. The molecule has 0 saturated heterocycles. The van der Waals surface area contributed by atoms with E-state index in [1.54, 1.807) is 6.92 Å². The number of likely N-dealkylation sites (N-methyl/N-ethyl adjacent to an activating group) is 1. The van der Waals surface area contributed by atoms with Crippen LogP contribution in [0.5, 0.6) is 0 Å². The first kappa shape index (κ1) is 45.1. The Bertz CT molecular complexity index is 937. The quantitative estimate of drug-likeness (QED) is 0.154. The minimum atomic E-state index is -0.696. The van der Waals surface area contributed by atoms with Gasteiger partial charge in [0.1, 0.15) is 12.6 Å². The highest BCUT2D eigenvalue weighted by molar-refractivity contribution is 5.66. The minimum Gasteiger partial charge on any atom is -0.481 e. The molecule has 0 aliphatic carbocycles. The molecule has 0 spiro atoms. The van der Waals surface area contributed by atoms with Crippen molar-refractivity contribution < 1.29 is 24.3 Å². The molecule has 0 aliphatic heterocycles. The van der Waals surface area contributed by atoms with Gasteiger partial charge in [-0.3, -0.25) is 9.59 Å². The fourth-order valence-electron chi connectivity index (χ4n) is 3.53. The Labute approximate surface area is 267 Å². The molecule has 2 rings (SSSR count). The highest BCUT2D eigenvalue weighted by Gasteiger charge is 2.02. The van der Waals surface area contributed by atoms with Gasteiger partial charge in [0.25, 0.3) is 0 Å². The lowest BCUT2D eigenvalue weighted by Crippen LogP contribution is -2.24. The van der Waals surface area contributed by atoms with Crippen molar-refractivity contribution in [3.8, 4) is 11.1 Å². The monoisotopic (exact) mass is 615 g/mol. The highest BCUT2D eigenvalue weighted by atomic mass is 16.4. The third-order valence-corrected chi connectivity index (χ3v) is 6.39. The van der Waals surface area contributed by atoms with Crippen molar-refractivity contribution >= 4 is 25.0 Å². The molecule has 2 aromatic rings. The number of nitrogens with one attached hydrogen (secondary N) is 2. The fourth-order valence-corrected chi connectivity index (χ4v) is 3.53. The fraction of sp³-hybridized carbons (Fsp3) is 0.556. The van der Waals surface area contributed by atoms with E-state index in [9.17, 15) is 19.2 Å². The number of aldehydes is 2. The van der Waals surface area contributed by atoms with Gasteiger partial charge in [-0.2, -0.15) is 0 Å². The molecule has 5 N–H and O–H groups in total. The number of unbranched alkanes of at least 4 members (excludes halogenated alkanes) is 1. The third kappa shape index (κ3) is 30.1. The Morgan fingerprint density at radius 3 is 1.82 bits per heavy atom. The van der Waals surface area contributed by atoms with Gasteiger partial charge in [0.15, 0.2) is 0 Å². The van der Waals surface area contributed by atoms with Crippen molar-refractivity contribution in [2.24, 2.45) is 17.6 Å². The first-order chi connectivity index (χ1) is 21.0. The van der Waals surface area contributed by atoms with Crippen molar-refractivity contribution in [2.75, 3.05) is 14.1 Å². The predicted molar refractivity (Wildman–Crippen MR) is 185 cm³/mol. The summed E-state index contributed by atoms with van der Waals surface area (Å²) >= 11 is 0. The second-order valence-electron chi connectivity index (χ2n) is 11.0. The van der Waals surface area contributed by atoms with E-state index in [1.807, 2.05) is 27.0 Å². The second kappa shape index (κ2) is 32.6. The van der Waals surface area contributed by atoms with Gasteiger partial charge < -0.3 is 31.1 Å². The summed E-state index contributed by atoms with van der Waals surface area (Å²) in [6, 6.07) is 19.5. The number of hydrogen-bond donors (Lipinski definition) is 4. The van der Waals surface area contributed by atoms with Gasteiger partial charge >= 0.3 is 5.97 Å². The Morgan fingerprint density at radius 1 is 0.864 bits per heavy atom. The van der Waals surface area contributed by atoms with Gasteiger partial charge in [0, 0.05) is 18.9 Å². The van der Waals surface area contributed by atoms with Crippen molar-refractivity contribution in [3.63, 3.8) is 0 Å². The zero-order valence-electron chi connectivity index (χ0n) is 28.6. The number of carboxylic acids is 1. The summed E-state index contributed by atoms with van der Waals surface area (Å²) in [7, 11) is 3.50. The number of hydrogen-bond acceptors (Lipinski definition) is 6. The first-order valence-electron chi connectivity index (χ1n) is 15.7. The normalized spacial score (nSPS) is 11.6. The van der Waals surface area contributed by atoms with Crippen LogP contribution in [0, 0.1) is 11.8 Å². The number of benzene rings is 2. The number of carboxylic acid groups (broad SMARTS) is 1. The predicted octanol–water partition coefficient (Wildman–Crippen LogP) is 6.70. The van der Waals surface area contributed by atoms with Gasteiger partial charge in [0.05, 0.1) is 6.04 Å². The highest BCUT2D eigenvalue weighted by Crippen LogP contribution is 2.19. The van der Waals surface area contributed by atoms with Crippen LogP contribution >= 0.6 is 0 Å². The van der Waals surface area contributed by atoms with Crippen LogP contribution < -0.4 is 16.4 Å². The van der Waals surface area contributed by atoms with Crippen LogP contribution in [0.1, 0.15) is 92.1 Å². The molecule has 44 heavy (non-hydrogen) atoms. The lowest BCUT2D eigenvalue weighted by Gasteiger charge is -2.10. The van der Waals surface area contributed by atoms with E-state index in [4.69, 9.17) is 5.11 Å². The molecule has 0 aliphatic rings. The average molecular weight is 616 g/mol. The van der Waals surface area contributed by atoms with E-state index in [2.05, 4.69) is 85.7 Å². The topological polar surface area (TPSA) is 139 Å². The molecular formula is C36H61N3O5. The average Bonchev–Trinajstić information content (AvgIpc) is 3.04. The van der Waals surface area contributed by atoms with Gasteiger partial charge in [-0.15, -0.1) is 0 Å². The molecule has 0 saturated carbocycles. The molecule has 0 radical (unpaired) electrons. The maximum Gasteiger partial charge on any atom is 0.303 e. The molecule has 8 heteroatoms. The summed E-state index contributed by atoms with van der Waals surface area (Å²) in [6.07, 6.45) is 10.0. The molecule has 0 bridgehead atoms. The Hall–Kier alpha value is -3.36. The maximum atomic E-state index is 9.98. The maximum absolute atomic E-state index is 9.98. The van der Waals surface area contributed by atoms with Gasteiger partial charge in [-0.25, -0.2) is 0 Å². The lowest BCUT2D eigenvalue weighted by molar-refractivity contribution is -0.137. The summed E-state index contributed by atoms with van der Waals surface area (Å²) in [5.41, 5.74) is 8.44. The van der Waals surface area contributed by atoms with Crippen LogP contribution in [0.4, 0.5) is 0 Å². The van der Waals surface area contributed by atoms with E-state index >= 15 is 0 Å². The Kier molecular flexibility index (Phi) is 33.3. The number of aliphatic carboxylic acids is 1. The molecular weight excluding hydrogens is 554 g/mol. The summed E-state index contributed by atoms with van der Waals surface area (Å²) < 4.78 is 0. The summed E-state index contributed by atoms with van der Waals surface area (Å²) in [4.78, 5) is 39.1. The zero-order chi connectivity index (χ0) is 34.2. The van der Waals surface area contributed by atoms with Crippen LogP contribution in [-0.2, 0) is 25.6 Å². The minimum absolute atomic E-state index is 0.303. The molecule has 3 unspecified atom stereocenters. The third-order valence-electron chi connectivity index (χ3n) is 6.39. The van der Waals surface area contributed by atoms with Crippen LogP contribution in [0.15, 0.2) is 54.6 Å². The molecule has 1 amide bonds. The second-order valence-corrected chi connectivity index (χ2v) is 11.0. The summed E-state index contributed by atoms with van der Waals surface area (Å²) in [5.74, 6) is 0.551. The number of rotatable bonds is 16. The number of carbonyl (C=O) groups is 4. The van der Waals surface area contributed by atoms with Gasteiger partial charge in [-0.05, 0) is 75.7 Å². The van der Waals surface area contributed by atoms with Crippen LogP contribution in [0.25, 0.3) is 11.1 Å². The smallest absolute Gasteiger partial charge is 0.303 e. The Balaban J connectivity index is -0.000000538. The van der Waals surface area contributed by atoms with Crippen molar-refractivity contribution in [2.45, 2.75) is 105 Å². The molecule has 2 aromatic carbocycles. The lowest BCUT2D eigenvalue weighted by atomic mass is 10.00. The molecule has 8 nitrogen and oxygen atoms in total. The van der Waals surface area contributed by atoms with Crippen molar-refractivity contribution in [1.29, 1.82) is 0 Å². The first-order valence-corrected chi connectivity index (χ1v) is 15.7. The van der Waals surface area contributed by atoms with Crippen molar-refractivity contribution in [1.82, 2.24) is 10.6 Å². The van der Waals surface area contributed by atoms with Crippen molar-refractivity contribution in [3.05, 3.63) is 60.2 Å². The largest absolute Gasteiger partial charge is 0.481 e. The number of amides is 1. The summed E-state index contributed by atoms with van der Waals surface area (Å²) in [5, 5.41) is 13.7. The molecule has 250 valence electrons. The van der Waals surface area contributed by atoms with Gasteiger partial charge in [-0.1, -0.05) is 102 Å². The van der Waals surface area contributed by atoms with E-state index in [0.29, 0.717) is 31.1 Å². The molecule has 0 heterocycles. The van der Waals surface area contributed by atoms with Crippen LogP contribution in [-0.4, -0.2) is 56.2 Å².